The standard InChI is InChI=1S/C17H15BrFNO/c1-3-9-21-16-8-7-14(18)10-13(16)11-20-17-12(2)5-4-6-15(17)19/h1,4-8,10,20H,9,11H2,2H3. The van der Waals surface area contributed by atoms with Crippen molar-refractivity contribution in [3.8, 4) is 18.1 Å². The zero-order chi connectivity index (χ0) is 15.2. The summed E-state index contributed by atoms with van der Waals surface area (Å²) in [7, 11) is 0. The van der Waals surface area contributed by atoms with Crippen LogP contribution in [-0.4, -0.2) is 6.61 Å². The first-order valence-electron chi connectivity index (χ1n) is 6.45. The van der Waals surface area contributed by atoms with Gasteiger partial charge in [-0.1, -0.05) is 34.0 Å². The Bertz CT molecular complexity index is 659. The van der Waals surface area contributed by atoms with Crippen molar-refractivity contribution in [1.29, 1.82) is 0 Å². The van der Waals surface area contributed by atoms with Crippen LogP contribution in [0.15, 0.2) is 40.9 Å². The van der Waals surface area contributed by atoms with E-state index in [1.54, 1.807) is 6.07 Å². The number of halogens is 2. The monoisotopic (exact) mass is 347 g/mol. The normalized spacial score (nSPS) is 10.0. The molecule has 108 valence electrons. The molecular formula is C17H15BrFNO. The Balaban J connectivity index is 2.19. The van der Waals surface area contributed by atoms with Crippen molar-refractivity contribution in [2.45, 2.75) is 13.5 Å². The van der Waals surface area contributed by atoms with E-state index in [1.807, 2.05) is 31.2 Å². The maximum atomic E-state index is 13.8. The summed E-state index contributed by atoms with van der Waals surface area (Å²) in [5.74, 6) is 2.86. The number of terminal acetylenes is 1. The fourth-order valence-corrected chi connectivity index (χ4v) is 2.39. The SMILES string of the molecule is C#CCOc1ccc(Br)cc1CNc1c(C)cccc1F. The molecule has 0 aliphatic heterocycles. The van der Waals surface area contributed by atoms with Crippen molar-refractivity contribution in [3.63, 3.8) is 0 Å². The zero-order valence-electron chi connectivity index (χ0n) is 11.6. The van der Waals surface area contributed by atoms with Gasteiger partial charge < -0.3 is 10.1 Å². The molecule has 0 atom stereocenters. The van der Waals surface area contributed by atoms with E-state index in [4.69, 9.17) is 11.2 Å². The van der Waals surface area contributed by atoms with Crippen LogP contribution in [0.4, 0.5) is 10.1 Å². The number of benzene rings is 2. The van der Waals surface area contributed by atoms with Crippen molar-refractivity contribution in [2.75, 3.05) is 11.9 Å². The molecular weight excluding hydrogens is 333 g/mol. The fourth-order valence-electron chi connectivity index (χ4n) is 1.99. The summed E-state index contributed by atoms with van der Waals surface area (Å²) in [5.41, 5.74) is 2.26. The van der Waals surface area contributed by atoms with Gasteiger partial charge in [0.1, 0.15) is 18.2 Å². The third kappa shape index (κ3) is 3.99. The minimum atomic E-state index is -0.268. The largest absolute Gasteiger partial charge is 0.481 e. The van der Waals surface area contributed by atoms with Gasteiger partial charge in [-0.25, -0.2) is 4.39 Å². The van der Waals surface area contributed by atoms with Crippen LogP contribution in [0.3, 0.4) is 0 Å². The number of hydrogen-bond acceptors (Lipinski definition) is 2. The van der Waals surface area contributed by atoms with Gasteiger partial charge in [0.2, 0.25) is 0 Å². The molecule has 0 radical (unpaired) electrons. The number of nitrogens with one attached hydrogen (secondary N) is 1. The smallest absolute Gasteiger partial charge is 0.148 e. The molecule has 0 saturated carbocycles. The Kier molecular flexibility index (Phi) is 5.24. The number of anilines is 1. The second-order valence-electron chi connectivity index (χ2n) is 4.53. The molecule has 0 unspecified atom stereocenters. The Morgan fingerprint density at radius 2 is 2.14 bits per heavy atom. The molecule has 0 saturated heterocycles. The summed E-state index contributed by atoms with van der Waals surface area (Å²) >= 11 is 3.42. The molecule has 1 N–H and O–H groups in total. The summed E-state index contributed by atoms with van der Waals surface area (Å²) in [5, 5.41) is 3.11. The van der Waals surface area contributed by atoms with E-state index in [2.05, 4.69) is 27.2 Å². The van der Waals surface area contributed by atoms with Gasteiger partial charge in [0.15, 0.2) is 0 Å². The van der Waals surface area contributed by atoms with E-state index in [-0.39, 0.29) is 12.4 Å². The molecule has 2 aromatic carbocycles. The highest BCUT2D eigenvalue weighted by Gasteiger charge is 2.08. The van der Waals surface area contributed by atoms with Crippen LogP contribution in [0.25, 0.3) is 0 Å². The minimum absolute atomic E-state index is 0.202. The highest BCUT2D eigenvalue weighted by atomic mass is 79.9. The van der Waals surface area contributed by atoms with Crippen molar-refractivity contribution in [3.05, 3.63) is 57.8 Å². The molecule has 0 aliphatic carbocycles. The quantitative estimate of drug-likeness (QED) is 0.802. The number of hydrogen-bond donors (Lipinski definition) is 1. The Morgan fingerprint density at radius 1 is 1.33 bits per heavy atom. The first kappa shape index (κ1) is 15.4. The van der Waals surface area contributed by atoms with E-state index in [9.17, 15) is 4.39 Å². The topological polar surface area (TPSA) is 21.3 Å². The summed E-state index contributed by atoms with van der Waals surface area (Å²) < 4.78 is 20.2. The van der Waals surface area contributed by atoms with Gasteiger partial charge in [0.05, 0.1) is 5.69 Å². The second kappa shape index (κ2) is 7.14. The van der Waals surface area contributed by atoms with Crippen LogP contribution in [-0.2, 0) is 6.54 Å². The van der Waals surface area contributed by atoms with Gasteiger partial charge in [-0.3, -0.25) is 0 Å². The molecule has 21 heavy (non-hydrogen) atoms. The van der Waals surface area contributed by atoms with E-state index in [0.717, 1.165) is 15.6 Å². The molecule has 0 spiro atoms. The highest BCUT2D eigenvalue weighted by Crippen LogP contribution is 2.26. The molecule has 2 rings (SSSR count). The van der Waals surface area contributed by atoms with Crippen LogP contribution in [0.1, 0.15) is 11.1 Å². The number of aryl methyl sites for hydroxylation is 1. The number of para-hydroxylation sites is 1. The van der Waals surface area contributed by atoms with Gasteiger partial charge in [-0.2, -0.15) is 0 Å². The lowest BCUT2D eigenvalue weighted by atomic mass is 10.1. The van der Waals surface area contributed by atoms with Gasteiger partial charge in [0, 0.05) is 16.6 Å². The van der Waals surface area contributed by atoms with Gasteiger partial charge in [-0.05, 0) is 36.8 Å². The molecule has 4 heteroatoms. The Hall–Kier alpha value is -1.99. The first-order chi connectivity index (χ1) is 10.1. The maximum Gasteiger partial charge on any atom is 0.148 e. The number of rotatable bonds is 5. The third-order valence-electron chi connectivity index (χ3n) is 3.01. The third-order valence-corrected chi connectivity index (χ3v) is 3.50. The van der Waals surface area contributed by atoms with Crippen molar-refractivity contribution < 1.29 is 9.13 Å². The zero-order valence-corrected chi connectivity index (χ0v) is 13.2. The first-order valence-corrected chi connectivity index (χ1v) is 7.25. The van der Waals surface area contributed by atoms with E-state index in [1.165, 1.54) is 6.07 Å². The predicted octanol–water partition coefficient (Wildman–Crippen LogP) is 4.52. The predicted molar refractivity (Wildman–Crippen MR) is 86.9 cm³/mol. The average Bonchev–Trinajstić information content (AvgIpc) is 2.46. The Labute approximate surface area is 132 Å². The van der Waals surface area contributed by atoms with Crippen LogP contribution >= 0.6 is 15.9 Å². The van der Waals surface area contributed by atoms with Gasteiger partial charge in [-0.15, -0.1) is 6.42 Å². The van der Waals surface area contributed by atoms with Crippen molar-refractivity contribution >= 4 is 21.6 Å². The molecule has 0 aliphatic rings. The Morgan fingerprint density at radius 3 is 2.86 bits per heavy atom. The average molecular weight is 348 g/mol. The molecule has 0 bridgehead atoms. The molecule has 0 aromatic heterocycles. The number of ether oxygens (including phenoxy) is 1. The lowest BCUT2D eigenvalue weighted by Gasteiger charge is -2.14. The van der Waals surface area contributed by atoms with Gasteiger partial charge >= 0.3 is 0 Å². The van der Waals surface area contributed by atoms with Crippen LogP contribution in [0, 0.1) is 25.1 Å². The lowest BCUT2D eigenvalue weighted by Crippen LogP contribution is -2.06. The van der Waals surface area contributed by atoms with Gasteiger partial charge in [0.25, 0.3) is 0 Å². The minimum Gasteiger partial charge on any atom is -0.481 e. The molecule has 2 nitrogen and oxygen atoms in total. The molecule has 0 amide bonds. The van der Waals surface area contributed by atoms with E-state index in [0.29, 0.717) is 18.0 Å². The lowest BCUT2D eigenvalue weighted by molar-refractivity contribution is 0.366. The van der Waals surface area contributed by atoms with E-state index < -0.39 is 0 Å². The van der Waals surface area contributed by atoms with Crippen LogP contribution in [0.2, 0.25) is 0 Å². The molecule has 0 heterocycles. The summed E-state index contributed by atoms with van der Waals surface area (Å²) in [4.78, 5) is 0. The maximum absolute atomic E-state index is 13.8. The molecule has 0 fully saturated rings. The summed E-state index contributed by atoms with van der Waals surface area (Å²) in [6, 6.07) is 10.6. The van der Waals surface area contributed by atoms with Crippen LogP contribution in [0.5, 0.6) is 5.75 Å². The highest BCUT2D eigenvalue weighted by molar-refractivity contribution is 9.10. The van der Waals surface area contributed by atoms with Crippen molar-refractivity contribution in [2.24, 2.45) is 0 Å². The summed E-state index contributed by atoms with van der Waals surface area (Å²) in [6.45, 7) is 2.51. The van der Waals surface area contributed by atoms with E-state index >= 15 is 0 Å². The van der Waals surface area contributed by atoms with Crippen molar-refractivity contribution in [1.82, 2.24) is 0 Å². The van der Waals surface area contributed by atoms with Crippen LogP contribution < -0.4 is 10.1 Å². The summed E-state index contributed by atoms with van der Waals surface area (Å²) in [6.07, 6.45) is 5.21. The fraction of sp³-hybridized carbons (Fsp3) is 0.176. The second-order valence-corrected chi connectivity index (χ2v) is 5.45. The molecule has 2 aromatic rings.